The van der Waals surface area contributed by atoms with Crippen LogP contribution in [0.2, 0.25) is 0 Å². The van der Waals surface area contributed by atoms with Gasteiger partial charge in [0.1, 0.15) is 5.75 Å². The lowest BCUT2D eigenvalue weighted by Gasteiger charge is -2.11. The molecule has 3 N–H and O–H groups in total. The Hall–Kier alpha value is -4.82. The van der Waals surface area contributed by atoms with Gasteiger partial charge in [-0.05, 0) is 78.7 Å². The van der Waals surface area contributed by atoms with Crippen LogP contribution in [0.5, 0.6) is 17.2 Å². The van der Waals surface area contributed by atoms with Crippen molar-refractivity contribution in [2.24, 2.45) is 0 Å². The maximum atomic E-state index is 12.9. The number of hydrogen-bond donors (Lipinski definition) is 3. The van der Waals surface area contributed by atoms with Crippen molar-refractivity contribution in [1.29, 1.82) is 0 Å². The van der Waals surface area contributed by atoms with Gasteiger partial charge in [0.2, 0.25) is 5.91 Å². The molecule has 8 nitrogen and oxygen atoms in total. The zero-order valence-electron chi connectivity index (χ0n) is 23.2. The number of aromatic nitrogens is 1. The van der Waals surface area contributed by atoms with E-state index in [1.807, 2.05) is 72.8 Å². The first-order valence-corrected chi connectivity index (χ1v) is 13.5. The number of ether oxygens (including phenoxy) is 3. The Bertz CT molecular complexity index is 1710. The van der Waals surface area contributed by atoms with Crippen molar-refractivity contribution < 1.29 is 19.0 Å². The molecule has 1 heterocycles. The molecule has 5 aromatic rings. The van der Waals surface area contributed by atoms with Crippen molar-refractivity contribution >= 4 is 33.4 Å². The summed E-state index contributed by atoms with van der Waals surface area (Å²) in [6.07, 6.45) is 0.981. The molecule has 0 spiro atoms. The minimum absolute atomic E-state index is 0.0408. The summed E-state index contributed by atoms with van der Waals surface area (Å²) < 4.78 is 16.5. The van der Waals surface area contributed by atoms with E-state index < -0.39 is 0 Å². The molecule has 0 fully saturated rings. The predicted octanol–water partition coefficient (Wildman–Crippen LogP) is 5.44. The molecule has 1 amide bonds. The van der Waals surface area contributed by atoms with E-state index in [4.69, 9.17) is 14.2 Å². The molecule has 0 aliphatic carbocycles. The number of carbonyl (C=O) groups is 1. The second kappa shape index (κ2) is 13.0. The average molecular weight is 552 g/mol. The van der Waals surface area contributed by atoms with Crippen molar-refractivity contribution in [2.45, 2.75) is 19.4 Å². The monoisotopic (exact) mass is 551 g/mol. The molecular weight excluding hydrogens is 518 g/mol. The number of para-hydroxylation sites is 2. The van der Waals surface area contributed by atoms with Crippen LogP contribution in [-0.2, 0) is 17.8 Å². The van der Waals surface area contributed by atoms with Crippen LogP contribution in [0.4, 0.5) is 5.69 Å². The molecule has 1 aromatic heterocycles. The van der Waals surface area contributed by atoms with Gasteiger partial charge in [0.05, 0.1) is 32.8 Å². The molecule has 0 atom stereocenters. The highest BCUT2D eigenvalue weighted by Gasteiger charge is 2.12. The van der Waals surface area contributed by atoms with Crippen molar-refractivity contribution in [1.82, 2.24) is 10.3 Å². The van der Waals surface area contributed by atoms with Crippen molar-refractivity contribution in [3.05, 3.63) is 106 Å². The van der Waals surface area contributed by atoms with Crippen LogP contribution in [0.3, 0.4) is 0 Å². The topological polar surface area (TPSA) is 102 Å². The summed E-state index contributed by atoms with van der Waals surface area (Å²) in [5, 5.41) is 7.55. The summed E-state index contributed by atoms with van der Waals surface area (Å²) in [4.78, 5) is 29.1. The third-order valence-corrected chi connectivity index (χ3v) is 6.86. The summed E-state index contributed by atoms with van der Waals surface area (Å²) in [6, 6.07) is 26.1. The molecule has 0 bridgehead atoms. The number of carbonyl (C=O) groups excluding carboxylic acids is 1. The molecule has 0 saturated heterocycles. The maximum absolute atomic E-state index is 12.9. The third kappa shape index (κ3) is 6.67. The number of pyridine rings is 1. The third-order valence-electron chi connectivity index (χ3n) is 6.86. The van der Waals surface area contributed by atoms with Gasteiger partial charge in [-0.2, -0.15) is 0 Å². The van der Waals surface area contributed by atoms with E-state index in [0.29, 0.717) is 40.1 Å². The van der Waals surface area contributed by atoms with Gasteiger partial charge in [-0.25, -0.2) is 0 Å². The first kappa shape index (κ1) is 27.7. The largest absolute Gasteiger partial charge is 0.494 e. The fourth-order valence-electron chi connectivity index (χ4n) is 4.78. The van der Waals surface area contributed by atoms with E-state index in [1.165, 1.54) is 0 Å². The number of aromatic amines is 1. The van der Waals surface area contributed by atoms with Crippen LogP contribution in [0.1, 0.15) is 17.5 Å². The van der Waals surface area contributed by atoms with E-state index in [0.717, 1.165) is 41.9 Å². The second-order valence-corrected chi connectivity index (χ2v) is 9.66. The highest BCUT2D eigenvalue weighted by molar-refractivity contribution is 5.98. The average Bonchev–Trinajstić information content (AvgIpc) is 3.00. The van der Waals surface area contributed by atoms with Gasteiger partial charge in [-0.3, -0.25) is 9.59 Å². The first-order chi connectivity index (χ1) is 20.1. The number of anilines is 1. The predicted molar refractivity (Wildman–Crippen MR) is 162 cm³/mol. The van der Waals surface area contributed by atoms with E-state index in [9.17, 15) is 9.59 Å². The fourth-order valence-corrected chi connectivity index (χ4v) is 4.78. The van der Waals surface area contributed by atoms with Crippen LogP contribution >= 0.6 is 0 Å². The van der Waals surface area contributed by atoms with Gasteiger partial charge in [0.15, 0.2) is 16.9 Å². The number of amides is 1. The van der Waals surface area contributed by atoms with Gasteiger partial charge in [-0.15, -0.1) is 0 Å². The number of methoxy groups -OCH3 is 2. The van der Waals surface area contributed by atoms with Gasteiger partial charge < -0.3 is 29.8 Å². The lowest BCUT2D eigenvalue weighted by molar-refractivity contribution is -0.115. The van der Waals surface area contributed by atoms with E-state index in [-0.39, 0.29) is 17.8 Å². The number of hydrogen-bond acceptors (Lipinski definition) is 6. The summed E-state index contributed by atoms with van der Waals surface area (Å²) in [6.45, 7) is 2.09. The van der Waals surface area contributed by atoms with Crippen LogP contribution < -0.4 is 30.3 Å². The normalized spacial score (nSPS) is 11.0. The standard InChI is InChI=1S/C33H33N3O5/c1-39-29-16-11-22(19-30(29)40-2)21-34-17-6-18-41-25-14-12-24(13-15-25)35-31(37)20-23-7-5-9-27-32(23)36-28-10-4-3-8-26(28)33(27)38/h3-5,7-16,19,34H,6,17-18,20-21H2,1-2H3,(H,35,37)(H,36,38). The van der Waals surface area contributed by atoms with Gasteiger partial charge in [0, 0.05) is 28.5 Å². The molecule has 8 heteroatoms. The van der Waals surface area contributed by atoms with Gasteiger partial charge in [-0.1, -0.05) is 30.3 Å². The number of nitrogens with one attached hydrogen (secondary N) is 3. The number of rotatable bonds is 12. The lowest BCUT2D eigenvalue weighted by atomic mass is 10.0. The minimum atomic E-state index is -0.166. The minimum Gasteiger partial charge on any atom is -0.494 e. The number of H-pyrrole nitrogens is 1. The van der Waals surface area contributed by atoms with E-state index in [1.54, 1.807) is 26.4 Å². The van der Waals surface area contributed by atoms with Crippen LogP contribution in [0, 0.1) is 0 Å². The van der Waals surface area contributed by atoms with Crippen molar-refractivity contribution in [3.63, 3.8) is 0 Å². The summed E-state index contributed by atoms with van der Waals surface area (Å²) in [5.74, 6) is 2.00. The summed E-state index contributed by atoms with van der Waals surface area (Å²) >= 11 is 0. The molecular formula is C33H33N3O5. The smallest absolute Gasteiger partial charge is 0.228 e. The molecule has 4 aromatic carbocycles. The van der Waals surface area contributed by atoms with Crippen LogP contribution in [-0.4, -0.2) is 38.3 Å². The summed E-state index contributed by atoms with van der Waals surface area (Å²) in [5.41, 5.74) is 3.96. The Morgan fingerprint density at radius 2 is 1.63 bits per heavy atom. The summed E-state index contributed by atoms with van der Waals surface area (Å²) in [7, 11) is 3.25. The van der Waals surface area contributed by atoms with Crippen molar-refractivity contribution in [2.75, 3.05) is 32.7 Å². The van der Waals surface area contributed by atoms with Crippen LogP contribution in [0.15, 0.2) is 89.7 Å². The van der Waals surface area contributed by atoms with E-state index >= 15 is 0 Å². The zero-order chi connectivity index (χ0) is 28.6. The lowest BCUT2D eigenvalue weighted by Crippen LogP contribution is -2.17. The molecule has 0 aliphatic heterocycles. The Balaban J connectivity index is 1.09. The maximum Gasteiger partial charge on any atom is 0.228 e. The zero-order valence-corrected chi connectivity index (χ0v) is 23.2. The number of fused-ring (bicyclic) bond motifs is 2. The molecule has 0 radical (unpaired) electrons. The molecule has 0 aliphatic rings. The molecule has 41 heavy (non-hydrogen) atoms. The Morgan fingerprint density at radius 1 is 0.854 bits per heavy atom. The second-order valence-electron chi connectivity index (χ2n) is 9.66. The van der Waals surface area contributed by atoms with Gasteiger partial charge >= 0.3 is 0 Å². The molecule has 210 valence electrons. The van der Waals surface area contributed by atoms with Crippen molar-refractivity contribution in [3.8, 4) is 17.2 Å². The number of benzene rings is 4. The van der Waals surface area contributed by atoms with E-state index in [2.05, 4.69) is 15.6 Å². The fraction of sp³-hybridized carbons (Fsp3) is 0.212. The highest BCUT2D eigenvalue weighted by Crippen LogP contribution is 2.27. The van der Waals surface area contributed by atoms with Crippen LogP contribution in [0.25, 0.3) is 21.8 Å². The molecule has 0 unspecified atom stereocenters. The Kier molecular flexibility index (Phi) is 8.81. The SMILES string of the molecule is COc1ccc(CNCCCOc2ccc(NC(=O)Cc3cccc4c(=O)c5ccccc5[nH]c34)cc2)cc1OC. The highest BCUT2D eigenvalue weighted by atomic mass is 16.5. The quantitative estimate of drug-likeness (QED) is 0.141. The Morgan fingerprint density at radius 3 is 2.44 bits per heavy atom. The van der Waals surface area contributed by atoms with Gasteiger partial charge in [0.25, 0.3) is 0 Å². The first-order valence-electron chi connectivity index (χ1n) is 13.5. The Labute approximate surface area is 238 Å². The molecule has 0 saturated carbocycles. The molecule has 5 rings (SSSR count).